The third kappa shape index (κ3) is 2.15. The van der Waals surface area contributed by atoms with E-state index in [0.717, 1.165) is 5.69 Å². The molecule has 0 aliphatic heterocycles. The first kappa shape index (κ1) is 11.3. The Morgan fingerprint density at radius 3 is 2.62 bits per heavy atom. The maximum absolute atomic E-state index is 4.34. The highest BCUT2D eigenvalue weighted by molar-refractivity contribution is 7.12. The van der Waals surface area contributed by atoms with Crippen molar-refractivity contribution in [3.63, 3.8) is 0 Å². The predicted molar refractivity (Wildman–Crippen MR) is 68.9 cm³/mol. The summed E-state index contributed by atoms with van der Waals surface area (Å²) in [5, 5.41) is 3.36. The third-order valence-electron chi connectivity index (χ3n) is 2.69. The lowest BCUT2D eigenvalue weighted by Gasteiger charge is -2.16. The van der Waals surface area contributed by atoms with Gasteiger partial charge < -0.3 is 5.32 Å². The molecule has 2 aromatic rings. The second-order valence-corrected chi connectivity index (χ2v) is 5.17. The lowest BCUT2D eigenvalue weighted by molar-refractivity contribution is 0.694. The molecule has 0 saturated heterocycles. The van der Waals surface area contributed by atoms with Crippen molar-refractivity contribution in [1.82, 2.24) is 10.3 Å². The molecule has 1 atom stereocenters. The number of nitrogens with zero attached hydrogens (tertiary/aromatic N) is 1. The SMILES string of the molecule is CNC(c1ccc(C)s1)c1cccnc1C. The van der Waals surface area contributed by atoms with Gasteiger partial charge in [-0.15, -0.1) is 11.3 Å². The molecule has 3 heteroatoms. The Hall–Kier alpha value is -1.19. The Labute approximate surface area is 100 Å². The number of aryl methyl sites for hydroxylation is 2. The van der Waals surface area contributed by atoms with Gasteiger partial charge in [-0.3, -0.25) is 4.98 Å². The molecule has 2 nitrogen and oxygen atoms in total. The van der Waals surface area contributed by atoms with E-state index in [-0.39, 0.29) is 6.04 Å². The Bertz CT molecular complexity index is 476. The van der Waals surface area contributed by atoms with E-state index in [1.807, 2.05) is 30.6 Å². The molecular formula is C13H16N2S. The van der Waals surface area contributed by atoms with Gasteiger partial charge in [0.2, 0.25) is 0 Å². The van der Waals surface area contributed by atoms with Crippen LogP contribution in [0.3, 0.4) is 0 Å². The van der Waals surface area contributed by atoms with Gasteiger partial charge in [-0.2, -0.15) is 0 Å². The van der Waals surface area contributed by atoms with Crippen LogP contribution in [0.1, 0.15) is 27.1 Å². The molecule has 2 aromatic heterocycles. The van der Waals surface area contributed by atoms with E-state index < -0.39 is 0 Å². The summed E-state index contributed by atoms with van der Waals surface area (Å²) in [6, 6.07) is 8.74. The summed E-state index contributed by atoms with van der Waals surface area (Å²) in [6.07, 6.45) is 1.84. The molecule has 16 heavy (non-hydrogen) atoms. The van der Waals surface area contributed by atoms with E-state index >= 15 is 0 Å². The number of nitrogens with one attached hydrogen (secondary N) is 1. The molecule has 0 aromatic carbocycles. The minimum atomic E-state index is 0.257. The zero-order chi connectivity index (χ0) is 11.5. The summed E-state index contributed by atoms with van der Waals surface area (Å²) in [4.78, 5) is 7.03. The predicted octanol–water partition coefficient (Wildman–Crippen LogP) is 3.07. The highest BCUT2D eigenvalue weighted by Gasteiger charge is 2.15. The maximum atomic E-state index is 4.34. The van der Waals surface area contributed by atoms with Gasteiger partial charge in [0.1, 0.15) is 0 Å². The van der Waals surface area contributed by atoms with Gasteiger partial charge in [0, 0.05) is 21.6 Å². The fourth-order valence-corrected chi connectivity index (χ4v) is 2.87. The first-order chi connectivity index (χ1) is 7.72. The molecule has 84 valence electrons. The van der Waals surface area contributed by atoms with E-state index in [1.165, 1.54) is 15.3 Å². The number of rotatable bonds is 3. The van der Waals surface area contributed by atoms with E-state index in [2.05, 4.69) is 42.3 Å². The largest absolute Gasteiger partial charge is 0.309 e. The summed E-state index contributed by atoms with van der Waals surface area (Å²) in [6.45, 7) is 4.19. The lowest BCUT2D eigenvalue weighted by atomic mass is 10.0. The van der Waals surface area contributed by atoms with Crippen molar-refractivity contribution in [3.8, 4) is 0 Å². The maximum Gasteiger partial charge on any atom is 0.0686 e. The van der Waals surface area contributed by atoms with E-state index in [0.29, 0.717) is 0 Å². The van der Waals surface area contributed by atoms with Crippen LogP contribution in [-0.4, -0.2) is 12.0 Å². The van der Waals surface area contributed by atoms with Crippen molar-refractivity contribution in [2.45, 2.75) is 19.9 Å². The fraction of sp³-hybridized carbons (Fsp3) is 0.308. The molecule has 0 fully saturated rings. The molecule has 0 saturated carbocycles. The quantitative estimate of drug-likeness (QED) is 0.879. The van der Waals surface area contributed by atoms with Crippen molar-refractivity contribution in [2.75, 3.05) is 7.05 Å². The molecule has 0 aliphatic carbocycles. The van der Waals surface area contributed by atoms with Gasteiger partial charge >= 0.3 is 0 Å². The smallest absolute Gasteiger partial charge is 0.0686 e. The second-order valence-electron chi connectivity index (χ2n) is 3.85. The first-order valence-corrected chi connectivity index (χ1v) is 6.19. The van der Waals surface area contributed by atoms with Crippen molar-refractivity contribution >= 4 is 11.3 Å². The first-order valence-electron chi connectivity index (χ1n) is 5.37. The summed E-state index contributed by atoms with van der Waals surface area (Å²) in [7, 11) is 1.99. The Morgan fingerprint density at radius 1 is 1.25 bits per heavy atom. The normalized spacial score (nSPS) is 12.7. The van der Waals surface area contributed by atoms with Gasteiger partial charge in [0.25, 0.3) is 0 Å². The minimum Gasteiger partial charge on any atom is -0.309 e. The van der Waals surface area contributed by atoms with Crippen LogP contribution in [0.25, 0.3) is 0 Å². The van der Waals surface area contributed by atoms with E-state index in [4.69, 9.17) is 0 Å². The molecule has 0 aliphatic rings. The van der Waals surface area contributed by atoms with Crippen LogP contribution in [0.4, 0.5) is 0 Å². The second kappa shape index (κ2) is 4.76. The number of aromatic nitrogens is 1. The average molecular weight is 232 g/mol. The Morgan fingerprint density at radius 2 is 2.06 bits per heavy atom. The highest BCUT2D eigenvalue weighted by Crippen LogP contribution is 2.28. The van der Waals surface area contributed by atoms with Gasteiger partial charge in [-0.05, 0) is 44.7 Å². The van der Waals surface area contributed by atoms with Crippen molar-refractivity contribution in [1.29, 1.82) is 0 Å². The summed E-state index contributed by atoms with van der Waals surface area (Å²) in [5.74, 6) is 0. The van der Waals surface area contributed by atoms with Crippen molar-refractivity contribution in [3.05, 3.63) is 51.5 Å². The van der Waals surface area contributed by atoms with Crippen LogP contribution in [0, 0.1) is 13.8 Å². The van der Waals surface area contributed by atoms with E-state index in [9.17, 15) is 0 Å². The molecule has 0 amide bonds. The fourth-order valence-electron chi connectivity index (χ4n) is 1.86. The van der Waals surface area contributed by atoms with Crippen molar-refractivity contribution < 1.29 is 0 Å². The highest BCUT2D eigenvalue weighted by atomic mass is 32.1. The monoisotopic (exact) mass is 232 g/mol. The molecule has 0 radical (unpaired) electrons. The lowest BCUT2D eigenvalue weighted by Crippen LogP contribution is -2.17. The number of thiophene rings is 1. The standard InChI is InChI=1S/C13H16N2S/c1-9-6-7-12(16-9)13(14-3)11-5-4-8-15-10(11)2/h4-8,13-14H,1-3H3. The van der Waals surface area contributed by atoms with Crippen molar-refractivity contribution in [2.24, 2.45) is 0 Å². The Balaban J connectivity index is 2.40. The van der Waals surface area contributed by atoms with Gasteiger partial charge in [0.05, 0.1) is 6.04 Å². The molecule has 0 spiro atoms. The third-order valence-corrected chi connectivity index (χ3v) is 3.76. The molecule has 1 unspecified atom stereocenters. The van der Waals surface area contributed by atoms with Gasteiger partial charge in [-0.1, -0.05) is 6.07 Å². The van der Waals surface area contributed by atoms with Gasteiger partial charge in [0.15, 0.2) is 0 Å². The van der Waals surface area contributed by atoms with Crippen LogP contribution in [0.15, 0.2) is 30.5 Å². The molecule has 2 rings (SSSR count). The minimum absolute atomic E-state index is 0.257. The molecular weight excluding hydrogens is 216 g/mol. The van der Waals surface area contributed by atoms with Crippen LogP contribution < -0.4 is 5.32 Å². The molecule has 2 heterocycles. The van der Waals surface area contributed by atoms with Crippen LogP contribution in [-0.2, 0) is 0 Å². The zero-order valence-corrected chi connectivity index (χ0v) is 10.6. The topological polar surface area (TPSA) is 24.9 Å². The summed E-state index contributed by atoms with van der Waals surface area (Å²) >= 11 is 1.83. The molecule has 0 bridgehead atoms. The number of hydrogen-bond donors (Lipinski definition) is 1. The van der Waals surface area contributed by atoms with E-state index in [1.54, 1.807) is 0 Å². The van der Waals surface area contributed by atoms with Gasteiger partial charge in [-0.25, -0.2) is 0 Å². The van der Waals surface area contributed by atoms with Crippen LogP contribution in [0.5, 0.6) is 0 Å². The Kier molecular flexibility index (Phi) is 3.36. The number of hydrogen-bond acceptors (Lipinski definition) is 3. The van der Waals surface area contributed by atoms with Crippen LogP contribution in [0.2, 0.25) is 0 Å². The summed E-state index contributed by atoms with van der Waals surface area (Å²) in [5.41, 5.74) is 2.35. The zero-order valence-electron chi connectivity index (χ0n) is 9.82. The van der Waals surface area contributed by atoms with Crippen LogP contribution >= 0.6 is 11.3 Å². The summed E-state index contributed by atoms with van der Waals surface area (Å²) < 4.78 is 0. The molecule has 1 N–H and O–H groups in total. The average Bonchev–Trinajstić information content (AvgIpc) is 2.69. The number of pyridine rings is 1.